The van der Waals surface area contributed by atoms with Gasteiger partial charge in [0.1, 0.15) is 11.7 Å². The van der Waals surface area contributed by atoms with E-state index in [4.69, 9.17) is 14.2 Å². The summed E-state index contributed by atoms with van der Waals surface area (Å²) >= 11 is 0. The zero-order chi connectivity index (χ0) is 14.2. The molecule has 2 rings (SSSR count). The van der Waals surface area contributed by atoms with E-state index in [-0.39, 0.29) is 30.1 Å². The van der Waals surface area contributed by atoms with Crippen LogP contribution in [0.3, 0.4) is 0 Å². The Kier molecular flexibility index (Phi) is 3.71. The summed E-state index contributed by atoms with van der Waals surface area (Å²) in [5.41, 5.74) is -0.535. The second kappa shape index (κ2) is 5.00. The minimum Gasteiger partial charge on any atom is -0.466 e. The van der Waals surface area contributed by atoms with Crippen LogP contribution in [0.25, 0.3) is 0 Å². The van der Waals surface area contributed by atoms with Gasteiger partial charge in [-0.3, -0.25) is 4.79 Å². The lowest BCUT2D eigenvalue weighted by Crippen LogP contribution is -2.41. The van der Waals surface area contributed by atoms with Gasteiger partial charge in [-0.25, -0.2) is 4.79 Å². The molecule has 1 aliphatic heterocycles. The number of ether oxygens (including phenoxy) is 3. The summed E-state index contributed by atoms with van der Waals surface area (Å²) in [7, 11) is 0. The zero-order valence-electron chi connectivity index (χ0n) is 11.8. The first-order valence-electron chi connectivity index (χ1n) is 6.63. The van der Waals surface area contributed by atoms with Crippen molar-refractivity contribution < 1.29 is 23.8 Å². The molecule has 1 saturated carbocycles. The van der Waals surface area contributed by atoms with E-state index in [0.29, 0.717) is 13.0 Å². The number of carbonyl (C=O) groups is 2. The lowest BCUT2D eigenvalue weighted by Gasteiger charge is -2.22. The average Bonchev–Trinajstić information content (AvgIpc) is 2.95. The van der Waals surface area contributed by atoms with Crippen LogP contribution in [0.4, 0.5) is 4.79 Å². The van der Waals surface area contributed by atoms with Crippen LogP contribution in [0, 0.1) is 5.92 Å². The van der Waals surface area contributed by atoms with Crippen molar-refractivity contribution in [3.8, 4) is 0 Å². The van der Waals surface area contributed by atoms with E-state index in [1.807, 2.05) is 0 Å². The molecule has 6 nitrogen and oxygen atoms in total. The number of hydrogen-bond donors (Lipinski definition) is 1. The highest BCUT2D eigenvalue weighted by atomic mass is 16.6. The van der Waals surface area contributed by atoms with Crippen molar-refractivity contribution in [2.45, 2.75) is 58.0 Å². The van der Waals surface area contributed by atoms with E-state index in [9.17, 15) is 9.59 Å². The molecule has 0 aromatic carbocycles. The van der Waals surface area contributed by atoms with Gasteiger partial charge in [-0.1, -0.05) is 0 Å². The smallest absolute Gasteiger partial charge is 0.407 e. The molecule has 1 N–H and O–H groups in total. The van der Waals surface area contributed by atoms with Gasteiger partial charge in [0.2, 0.25) is 0 Å². The maximum absolute atomic E-state index is 11.7. The molecule has 1 heterocycles. The van der Waals surface area contributed by atoms with Gasteiger partial charge in [-0.2, -0.15) is 0 Å². The standard InChI is InChI=1S/C13H21NO5/c1-5-17-11(15)7-6-8(10-9(7)18-10)14-12(16)19-13(2,3)4/h7-10H,5-6H2,1-4H3,(H,14,16)/t7-,8+,9-,10+/m1/s1. The van der Waals surface area contributed by atoms with Crippen LogP contribution < -0.4 is 5.32 Å². The van der Waals surface area contributed by atoms with E-state index in [2.05, 4.69) is 5.32 Å². The highest BCUT2D eigenvalue weighted by Gasteiger charge is 2.60. The largest absolute Gasteiger partial charge is 0.466 e. The van der Waals surface area contributed by atoms with Crippen molar-refractivity contribution in [3.05, 3.63) is 0 Å². The lowest BCUT2D eigenvalue weighted by atomic mass is 10.1. The molecule has 0 aromatic rings. The highest BCUT2D eigenvalue weighted by Crippen LogP contribution is 2.43. The number of carbonyl (C=O) groups excluding carboxylic acids is 2. The molecule has 0 spiro atoms. The van der Waals surface area contributed by atoms with Gasteiger partial charge < -0.3 is 19.5 Å². The fourth-order valence-electron chi connectivity index (χ4n) is 2.41. The summed E-state index contributed by atoms with van der Waals surface area (Å²) in [4.78, 5) is 23.4. The number of amides is 1. The van der Waals surface area contributed by atoms with E-state index >= 15 is 0 Å². The van der Waals surface area contributed by atoms with Crippen LogP contribution in [-0.2, 0) is 19.0 Å². The third-order valence-corrected chi connectivity index (χ3v) is 3.15. The number of alkyl carbamates (subject to hydrolysis) is 1. The zero-order valence-corrected chi connectivity index (χ0v) is 11.8. The third kappa shape index (κ3) is 3.37. The molecule has 1 aliphatic carbocycles. The van der Waals surface area contributed by atoms with Crippen LogP contribution >= 0.6 is 0 Å². The van der Waals surface area contributed by atoms with Gasteiger partial charge in [0, 0.05) is 0 Å². The van der Waals surface area contributed by atoms with Crippen molar-refractivity contribution in [1.29, 1.82) is 0 Å². The Hall–Kier alpha value is -1.30. The molecule has 1 saturated heterocycles. The molecule has 2 aliphatic rings. The first-order valence-corrected chi connectivity index (χ1v) is 6.63. The molecule has 2 fully saturated rings. The monoisotopic (exact) mass is 271 g/mol. The first-order chi connectivity index (χ1) is 8.81. The molecule has 1 amide bonds. The predicted molar refractivity (Wildman–Crippen MR) is 66.6 cm³/mol. The average molecular weight is 271 g/mol. The van der Waals surface area contributed by atoms with Crippen molar-refractivity contribution in [3.63, 3.8) is 0 Å². The summed E-state index contributed by atoms with van der Waals surface area (Å²) < 4.78 is 15.6. The molecule has 0 aromatic heterocycles. The Morgan fingerprint density at radius 3 is 2.58 bits per heavy atom. The Labute approximate surface area is 112 Å². The summed E-state index contributed by atoms with van der Waals surface area (Å²) in [5, 5.41) is 2.76. The topological polar surface area (TPSA) is 77.2 Å². The Balaban J connectivity index is 1.84. The number of epoxide rings is 1. The van der Waals surface area contributed by atoms with Crippen LogP contribution in [0.5, 0.6) is 0 Å². The summed E-state index contributed by atoms with van der Waals surface area (Å²) in [6.07, 6.45) is -0.120. The summed E-state index contributed by atoms with van der Waals surface area (Å²) in [5.74, 6) is -0.520. The van der Waals surface area contributed by atoms with E-state index in [1.54, 1.807) is 27.7 Å². The number of fused-ring (bicyclic) bond motifs is 1. The van der Waals surface area contributed by atoms with Crippen molar-refractivity contribution in [1.82, 2.24) is 5.32 Å². The normalized spacial score (nSPS) is 32.4. The molecule has 0 radical (unpaired) electrons. The molecule has 19 heavy (non-hydrogen) atoms. The highest BCUT2D eigenvalue weighted by molar-refractivity contribution is 5.75. The fourth-order valence-corrected chi connectivity index (χ4v) is 2.41. The predicted octanol–water partition coefficient (Wildman–Crippen LogP) is 1.23. The number of nitrogens with one attached hydrogen (secondary N) is 1. The Morgan fingerprint density at radius 2 is 2.00 bits per heavy atom. The van der Waals surface area contributed by atoms with Gasteiger partial charge in [-0.05, 0) is 34.1 Å². The van der Waals surface area contributed by atoms with E-state index in [1.165, 1.54) is 0 Å². The van der Waals surface area contributed by atoms with Crippen LogP contribution in [-0.4, -0.2) is 42.5 Å². The number of esters is 1. The van der Waals surface area contributed by atoms with Crippen molar-refractivity contribution in [2.75, 3.05) is 6.61 Å². The summed E-state index contributed by atoms with van der Waals surface area (Å²) in [6.45, 7) is 7.54. The number of hydrogen-bond acceptors (Lipinski definition) is 5. The maximum Gasteiger partial charge on any atom is 0.407 e. The number of rotatable bonds is 3. The van der Waals surface area contributed by atoms with Crippen LogP contribution in [0.1, 0.15) is 34.1 Å². The first kappa shape index (κ1) is 14.1. The van der Waals surface area contributed by atoms with Gasteiger partial charge in [0.15, 0.2) is 0 Å². The molecule has 0 bridgehead atoms. The van der Waals surface area contributed by atoms with E-state index in [0.717, 1.165) is 0 Å². The van der Waals surface area contributed by atoms with Gasteiger partial charge >= 0.3 is 12.1 Å². The molecular formula is C13H21NO5. The molecule has 4 atom stereocenters. The van der Waals surface area contributed by atoms with Crippen molar-refractivity contribution >= 4 is 12.1 Å². The third-order valence-electron chi connectivity index (χ3n) is 3.15. The Bertz CT molecular complexity index is 376. The van der Waals surface area contributed by atoms with Crippen LogP contribution in [0.15, 0.2) is 0 Å². The lowest BCUT2D eigenvalue weighted by molar-refractivity contribution is -0.149. The second-order valence-electron chi connectivity index (χ2n) is 5.91. The molecule has 108 valence electrons. The SMILES string of the molecule is CCOC(=O)[C@@H]1C[C@H](NC(=O)OC(C)(C)C)[C@@H]2O[C@@H]21. The van der Waals surface area contributed by atoms with Gasteiger partial charge in [0.05, 0.1) is 24.7 Å². The van der Waals surface area contributed by atoms with Crippen LogP contribution in [0.2, 0.25) is 0 Å². The molecular weight excluding hydrogens is 250 g/mol. The minimum absolute atomic E-state index is 0.0816. The van der Waals surface area contributed by atoms with Gasteiger partial charge in [0.25, 0.3) is 0 Å². The molecule has 0 unspecified atom stereocenters. The summed E-state index contributed by atoms with van der Waals surface area (Å²) in [6, 6.07) is -0.172. The Morgan fingerprint density at radius 1 is 1.32 bits per heavy atom. The minimum atomic E-state index is -0.535. The van der Waals surface area contributed by atoms with Crippen molar-refractivity contribution in [2.24, 2.45) is 5.92 Å². The van der Waals surface area contributed by atoms with Gasteiger partial charge in [-0.15, -0.1) is 0 Å². The van der Waals surface area contributed by atoms with E-state index < -0.39 is 11.7 Å². The second-order valence-corrected chi connectivity index (χ2v) is 5.91. The quantitative estimate of drug-likeness (QED) is 0.617. The molecule has 6 heteroatoms. The fraction of sp³-hybridized carbons (Fsp3) is 0.846. The maximum atomic E-state index is 11.7.